The van der Waals surface area contributed by atoms with Crippen LogP contribution in [0.3, 0.4) is 0 Å². The molecule has 0 saturated heterocycles. The van der Waals surface area contributed by atoms with Crippen molar-refractivity contribution in [1.29, 1.82) is 0 Å². The first-order valence-electron chi connectivity index (χ1n) is 8.34. The zero-order chi connectivity index (χ0) is 17.8. The van der Waals surface area contributed by atoms with Gasteiger partial charge in [0.05, 0.1) is 11.2 Å². The van der Waals surface area contributed by atoms with Crippen LogP contribution in [0.15, 0.2) is 42.6 Å². The van der Waals surface area contributed by atoms with Crippen molar-refractivity contribution in [3.63, 3.8) is 0 Å². The van der Waals surface area contributed by atoms with Crippen molar-refractivity contribution in [3.05, 3.63) is 54.0 Å². The number of nitrogens with zero attached hydrogens (tertiary/aromatic N) is 3. The van der Waals surface area contributed by atoms with Crippen molar-refractivity contribution < 1.29 is 4.79 Å². The zero-order valence-electron chi connectivity index (χ0n) is 14.6. The summed E-state index contributed by atoms with van der Waals surface area (Å²) in [5.74, 6) is 0.186. The van der Waals surface area contributed by atoms with Gasteiger partial charge in [0.15, 0.2) is 0 Å². The molecule has 6 heteroatoms. The zero-order valence-corrected chi connectivity index (χ0v) is 14.6. The summed E-state index contributed by atoms with van der Waals surface area (Å²) in [5, 5.41) is 7.08. The Hall–Kier alpha value is -3.02. The van der Waals surface area contributed by atoms with Crippen LogP contribution < -0.4 is 10.6 Å². The molecule has 0 radical (unpaired) electrons. The molecule has 0 bridgehead atoms. The van der Waals surface area contributed by atoms with Crippen molar-refractivity contribution >= 4 is 28.4 Å². The highest BCUT2D eigenvalue weighted by Gasteiger charge is 2.13. The number of aromatic nitrogens is 3. The normalized spacial score (nSPS) is 12.0. The molecule has 1 amide bonds. The summed E-state index contributed by atoms with van der Waals surface area (Å²) in [6.07, 6.45) is 2.65. The number of anilines is 2. The van der Waals surface area contributed by atoms with Crippen molar-refractivity contribution in [1.82, 2.24) is 15.0 Å². The largest absolute Gasteiger partial charge is 0.352 e. The van der Waals surface area contributed by atoms with Gasteiger partial charge in [-0.05, 0) is 38.5 Å². The fourth-order valence-electron chi connectivity index (χ4n) is 2.46. The van der Waals surface area contributed by atoms with Crippen molar-refractivity contribution in [2.24, 2.45) is 0 Å². The second kappa shape index (κ2) is 7.25. The van der Waals surface area contributed by atoms with Crippen LogP contribution in [0, 0.1) is 6.92 Å². The summed E-state index contributed by atoms with van der Waals surface area (Å²) in [6, 6.07) is 11.4. The Kier molecular flexibility index (Phi) is 4.88. The molecule has 1 atom stereocenters. The summed E-state index contributed by atoms with van der Waals surface area (Å²) >= 11 is 0. The lowest BCUT2D eigenvalue weighted by Crippen LogP contribution is -2.19. The van der Waals surface area contributed by atoms with E-state index in [4.69, 9.17) is 0 Å². The average Bonchev–Trinajstić information content (AvgIpc) is 2.61. The summed E-state index contributed by atoms with van der Waals surface area (Å²) in [5.41, 5.74) is 2.48. The van der Waals surface area contributed by atoms with Gasteiger partial charge in [0, 0.05) is 23.3 Å². The monoisotopic (exact) mass is 335 g/mol. The van der Waals surface area contributed by atoms with Gasteiger partial charge >= 0.3 is 0 Å². The lowest BCUT2D eigenvalue weighted by molar-refractivity contribution is 0.102. The van der Waals surface area contributed by atoms with Gasteiger partial charge in [-0.25, -0.2) is 9.97 Å². The highest BCUT2D eigenvalue weighted by Crippen LogP contribution is 2.21. The molecule has 1 aromatic carbocycles. The first kappa shape index (κ1) is 16.8. The third kappa shape index (κ3) is 3.91. The van der Waals surface area contributed by atoms with Gasteiger partial charge in [-0.2, -0.15) is 0 Å². The van der Waals surface area contributed by atoms with E-state index in [1.165, 1.54) is 0 Å². The maximum Gasteiger partial charge on any atom is 0.274 e. The van der Waals surface area contributed by atoms with Crippen LogP contribution in [0.2, 0.25) is 0 Å². The first-order chi connectivity index (χ1) is 12.1. The van der Waals surface area contributed by atoms with Crippen LogP contribution in [-0.4, -0.2) is 26.9 Å². The molecular formula is C19H21N5O. The molecule has 25 heavy (non-hydrogen) atoms. The Morgan fingerprint density at radius 1 is 1.20 bits per heavy atom. The van der Waals surface area contributed by atoms with Gasteiger partial charge in [-0.3, -0.25) is 9.78 Å². The summed E-state index contributed by atoms with van der Waals surface area (Å²) in [6.45, 7) is 5.97. The Labute approximate surface area is 146 Å². The number of amides is 1. The van der Waals surface area contributed by atoms with Crippen molar-refractivity contribution in [2.75, 3.05) is 10.6 Å². The Bertz CT molecular complexity index is 904. The van der Waals surface area contributed by atoms with Gasteiger partial charge in [-0.15, -0.1) is 0 Å². The van der Waals surface area contributed by atoms with Crippen LogP contribution in [0.5, 0.6) is 0 Å². The Morgan fingerprint density at radius 2 is 2.00 bits per heavy atom. The van der Waals surface area contributed by atoms with E-state index < -0.39 is 0 Å². The maximum absolute atomic E-state index is 12.7. The number of hydrogen-bond donors (Lipinski definition) is 2. The predicted octanol–water partition coefficient (Wildman–Crippen LogP) is 3.80. The molecule has 2 aromatic heterocycles. The highest BCUT2D eigenvalue weighted by molar-refractivity contribution is 6.07. The van der Waals surface area contributed by atoms with Crippen molar-refractivity contribution in [3.8, 4) is 0 Å². The topological polar surface area (TPSA) is 79.8 Å². The molecule has 0 aliphatic rings. The number of carbonyl (C=O) groups excluding carboxylic acids is 1. The number of pyridine rings is 1. The van der Waals surface area contributed by atoms with E-state index >= 15 is 0 Å². The minimum Gasteiger partial charge on any atom is -0.352 e. The number of carbonyl (C=O) groups is 1. The molecule has 128 valence electrons. The second-order valence-corrected chi connectivity index (χ2v) is 6.01. The van der Waals surface area contributed by atoms with Crippen LogP contribution in [0.4, 0.5) is 11.6 Å². The molecule has 0 saturated carbocycles. The lowest BCUT2D eigenvalue weighted by Gasteiger charge is -2.13. The van der Waals surface area contributed by atoms with E-state index in [1.54, 1.807) is 12.3 Å². The standard InChI is InChI=1S/C19H21N5O/c1-4-12(2)21-19-22-13(3)11-16(24-19)18(25)23-15-9-5-7-14-8-6-10-20-17(14)15/h5-12H,4H2,1-3H3,(H,23,25)(H,21,22,24). The lowest BCUT2D eigenvalue weighted by atomic mass is 10.2. The number of fused-ring (bicyclic) bond motifs is 1. The van der Waals surface area contributed by atoms with E-state index in [9.17, 15) is 4.79 Å². The van der Waals surface area contributed by atoms with Gasteiger partial charge in [-0.1, -0.05) is 25.1 Å². The smallest absolute Gasteiger partial charge is 0.274 e. The number of hydrogen-bond acceptors (Lipinski definition) is 5. The SMILES string of the molecule is CCC(C)Nc1nc(C)cc(C(=O)Nc2cccc3cccnc23)n1. The number of benzene rings is 1. The Balaban J connectivity index is 1.88. The van der Waals surface area contributed by atoms with E-state index in [2.05, 4.69) is 32.5 Å². The van der Waals surface area contributed by atoms with E-state index in [1.807, 2.05) is 44.2 Å². The van der Waals surface area contributed by atoms with Crippen LogP contribution >= 0.6 is 0 Å². The number of rotatable bonds is 5. The van der Waals surface area contributed by atoms with Gasteiger partial charge in [0.1, 0.15) is 5.69 Å². The van der Waals surface area contributed by atoms with Gasteiger partial charge < -0.3 is 10.6 Å². The summed E-state index contributed by atoms with van der Waals surface area (Å²) in [4.78, 5) is 25.7. The first-order valence-corrected chi connectivity index (χ1v) is 8.34. The molecule has 0 spiro atoms. The Morgan fingerprint density at radius 3 is 2.80 bits per heavy atom. The second-order valence-electron chi connectivity index (χ2n) is 6.01. The van der Waals surface area contributed by atoms with Crippen LogP contribution in [0.25, 0.3) is 10.9 Å². The predicted molar refractivity (Wildman–Crippen MR) is 99.8 cm³/mol. The van der Waals surface area contributed by atoms with E-state index in [0.717, 1.165) is 23.0 Å². The minimum absolute atomic E-state index is 0.236. The molecule has 2 N–H and O–H groups in total. The highest BCUT2D eigenvalue weighted by atomic mass is 16.1. The summed E-state index contributed by atoms with van der Waals surface area (Å²) < 4.78 is 0. The molecule has 3 aromatic rings. The third-order valence-corrected chi connectivity index (χ3v) is 3.96. The molecular weight excluding hydrogens is 314 g/mol. The fraction of sp³-hybridized carbons (Fsp3) is 0.263. The average molecular weight is 335 g/mol. The van der Waals surface area contributed by atoms with Gasteiger partial charge in [0.2, 0.25) is 5.95 Å². The van der Waals surface area contributed by atoms with Crippen LogP contribution in [0.1, 0.15) is 36.5 Å². The molecule has 2 heterocycles. The quantitative estimate of drug-likeness (QED) is 0.741. The molecule has 6 nitrogen and oxygen atoms in total. The number of aryl methyl sites for hydroxylation is 1. The maximum atomic E-state index is 12.7. The van der Waals surface area contributed by atoms with E-state index in [0.29, 0.717) is 17.3 Å². The number of nitrogens with one attached hydrogen (secondary N) is 2. The molecule has 3 rings (SSSR count). The third-order valence-electron chi connectivity index (χ3n) is 3.96. The number of para-hydroxylation sites is 1. The summed E-state index contributed by atoms with van der Waals surface area (Å²) in [7, 11) is 0. The molecule has 0 aliphatic carbocycles. The fourth-order valence-corrected chi connectivity index (χ4v) is 2.46. The van der Waals surface area contributed by atoms with Gasteiger partial charge in [0.25, 0.3) is 5.91 Å². The molecule has 0 aliphatic heterocycles. The minimum atomic E-state index is -0.282. The molecule has 1 unspecified atom stereocenters. The molecule has 0 fully saturated rings. The van der Waals surface area contributed by atoms with Crippen molar-refractivity contribution in [2.45, 2.75) is 33.2 Å². The van der Waals surface area contributed by atoms with Crippen LogP contribution in [-0.2, 0) is 0 Å². The van der Waals surface area contributed by atoms with E-state index in [-0.39, 0.29) is 11.9 Å².